The van der Waals surface area contributed by atoms with Crippen molar-refractivity contribution in [1.82, 2.24) is 0 Å². The number of ether oxygens (including phenoxy) is 2. The third-order valence-corrected chi connectivity index (χ3v) is 4.60. The Bertz CT molecular complexity index is 620. The molecule has 0 bridgehead atoms. The van der Waals surface area contributed by atoms with Crippen molar-refractivity contribution >= 4 is 27.0 Å². The molecule has 1 spiro atoms. The minimum Gasteiger partial charge on any atom is -0.424 e. The molecule has 0 saturated carbocycles. The minimum absolute atomic E-state index is 0.405. The molecule has 2 atom stereocenters. The van der Waals surface area contributed by atoms with Crippen molar-refractivity contribution in [3.05, 3.63) is 0 Å². The first-order valence-electron chi connectivity index (χ1n) is 5.22. The maximum Gasteiger partial charge on any atom is 0.509 e. The van der Waals surface area contributed by atoms with Gasteiger partial charge < -0.3 is 9.47 Å². The molecule has 3 rings (SSSR count). The van der Waals surface area contributed by atoms with Crippen LogP contribution in [-0.4, -0.2) is 60.6 Å². The van der Waals surface area contributed by atoms with E-state index >= 15 is 0 Å². The fourth-order valence-corrected chi connectivity index (χ4v) is 3.58. The molecular formula is C7H8O11S2. The third kappa shape index (κ3) is 2.36. The van der Waals surface area contributed by atoms with Gasteiger partial charge in [-0.05, 0) is 0 Å². The predicted molar refractivity (Wildman–Crippen MR) is 54.7 cm³/mol. The zero-order valence-corrected chi connectivity index (χ0v) is 11.2. The van der Waals surface area contributed by atoms with Crippen LogP contribution in [0.5, 0.6) is 0 Å². The monoisotopic (exact) mass is 332 g/mol. The minimum atomic E-state index is -4.18. The van der Waals surface area contributed by atoms with Gasteiger partial charge in [-0.15, -0.1) is 0 Å². The standard InChI is InChI=1S/C7H8O11S2/c8-6-16-5(4-1-13-20(11,12)18-4)7(17-6)2-14-19(9,10)15-3-7/h4-5H,1-3H2. The van der Waals surface area contributed by atoms with Crippen molar-refractivity contribution < 1.29 is 47.8 Å². The van der Waals surface area contributed by atoms with Gasteiger partial charge in [-0.1, -0.05) is 0 Å². The van der Waals surface area contributed by atoms with E-state index in [1.165, 1.54) is 0 Å². The largest absolute Gasteiger partial charge is 0.509 e. The average Bonchev–Trinajstić information content (AvgIpc) is 2.84. The highest BCUT2D eigenvalue weighted by Gasteiger charge is 2.61. The first-order valence-corrected chi connectivity index (χ1v) is 7.89. The molecular weight excluding hydrogens is 324 g/mol. The molecule has 3 fully saturated rings. The number of hydrogen-bond acceptors (Lipinski definition) is 11. The van der Waals surface area contributed by atoms with E-state index in [-0.39, 0.29) is 0 Å². The molecule has 0 radical (unpaired) electrons. The number of rotatable bonds is 1. The van der Waals surface area contributed by atoms with Crippen LogP contribution in [0.15, 0.2) is 0 Å². The van der Waals surface area contributed by atoms with Crippen LogP contribution in [0.2, 0.25) is 0 Å². The second-order valence-corrected chi connectivity index (χ2v) is 6.75. The van der Waals surface area contributed by atoms with E-state index < -0.39 is 64.6 Å². The molecule has 114 valence electrons. The Morgan fingerprint density at radius 3 is 2.20 bits per heavy atom. The number of carbonyl (C=O) groups excluding carboxylic acids is 1. The van der Waals surface area contributed by atoms with Gasteiger partial charge in [0.25, 0.3) is 0 Å². The molecule has 3 heterocycles. The highest BCUT2D eigenvalue weighted by Crippen LogP contribution is 2.37. The van der Waals surface area contributed by atoms with Crippen LogP contribution in [0.25, 0.3) is 0 Å². The number of hydrogen-bond donors (Lipinski definition) is 0. The van der Waals surface area contributed by atoms with Crippen molar-refractivity contribution in [2.75, 3.05) is 19.8 Å². The topological polar surface area (TPSA) is 141 Å². The lowest BCUT2D eigenvalue weighted by Crippen LogP contribution is -2.57. The van der Waals surface area contributed by atoms with Crippen LogP contribution in [-0.2, 0) is 47.0 Å². The zero-order chi connectivity index (χ0) is 14.6. The van der Waals surface area contributed by atoms with E-state index in [2.05, 4.69) is 16.7 Å². The van der Waals surface area contributed by atoms with Crippen molar-refractivity contribution in [3.8, 4) is 0 Å². The predicted octanol–water partition coefficient (Wildman–Crippen LogP) is -1.79. The Hall–Kier alpha value is -0.990. The van der Waals surface area contributed by atoms with E-state index in [4.69, 9.17) is 9.47 Å². The molecule has 0 N–H and O–H groups in total. The summed E-state index contributed by atoms with van der Waals surface area (Å²) in [4.78, 5) is 11.3. The summed E-state index contributed by atoms with van der Waals surface area (Å²) in [6, 6.07) is 0. The second-order valence-electron chi connectivity index (χ2n) is 4.22. The van der Waals surface area contributed by atoms with Gasteiger partial charge in [0, 0.05) is 0 Å². The molecule has 3 aliphatic rings. The van der Waals surface area contributed by atoms with Crippen LogP contribution in [0.1, 0.15) is 0 Å². The van der Waals surface area contributed by atoms with Crippen LogP contribution >= 0.6 is 0 Å². The van der Waals surface area contributed by atoms with Gasteiger partial charge in [0.2, 0.25) is 5.60 Å². The molecule has 3 saturated heterocycles. The molecule has 0 aromatic heterocycles. The van der Waals surface area contributed by atoms with Gasteiger partial charge in [-0.2, -0.15) is 16.8 Å². The average molecular weight is 332 g/mol. The van der Waals surface area contributed by atoms with Gasteiger partial charge in [-0.3, -0.25) is 0 Å². The summed E-state index contributed by atoms with van der Waals surface area (Å²) in [7, 11) is -8.35. The molecule has 13 heteroatoms. The van der Waals surface area contributed by atoms with Gasteiger partial charge in [0.05, 0.1) is 0 Å². The molecule has 20 heavy (non-hydrogen) atoms. The van der Waals surface area contributed by atoms with E-state index in [0.717, 1.165) is 0 Å². The van der Waals surface area contributed by atoms with E-state index in [0.29, 0.717) is 0 Å². The maximum atomic E-state index is 11.3. The normalized spacial score (nSPS) is 37.5. The van der Waals surface area contributed by atoms with E-state index in [9.17, 15) is 21.6 Å². The Labute approximate surface area is 113 Å². The fraction of sp³-hybridized carbons (Fsp3) is 0.857. The molecule has 11 nitrogen and oxygen atoms in total. The molecule has 0 aromatic rings. The van der Waals surface area contributed by atoms with Crippen molar-refractivity contribution in [2.24, 2.45) is 0 Å². The summed E-state index contributed by atoms with van der Waals surface area (Å²) in [5.74, 6) is 0. The SMILES string of the molecule is O=C1OC(C2COS(=O)(=O)O2)C2(COS(=O)(=O)OC2)O1. The van der Waals surface area contributed by atoms with Crippen LogP contribution in [0.3, 0.4) is 0 Å². The molecule has 0 amide bonds. The zero-order valence-electron chi connectivity index (χ0n) is 9.58. The smallest absolute Gasteiger partial charge is 0.424 e. The Morgan fingerprint density at radius 1 is 1.00 bits per heavy atom. The maximum absolute atomic E-state index is 11.3. The lowest BCUT2D eigenvalue weighted by Gasteiger charge is -2.33. The molecule has 0 aliphatic carbocycles. The molecule has 0 aromatic carbocycles. The Balaban J connectivity index is 1.85. The van der Waals surface area contributed by atoms with Gasteiger partial charge in [0.15, 0.2) is 6.10 Å². The lowest BCUT2D eigenvalue weighted by molar-refractivity contribution is -0.0948. The summed E-state index contributed by atoms with van der Waals surface area (Å²) in [5, 5.41) is 0. The summed E-state index contributed by atoms with van der Waals surface area (Å²) in [5.41, 5.74) is -1.61. The van der Waals surface area contributed by atoms with E-state index in [1.54, 1.807) is 0 Å². The van der Waals surface area contributed by atoms with Gasteiger partial charge in [-0.25, -0.2) is 21.5 Å². The highest BCUT2D eigenvalue weighted by atomic mass is 32.3. The second kappa shape index (κ2) is 4.25. The Morgan fingerprint density at radius 2 is 1.65 bits per heavy atom. The van der Waals surface area contributed by atoms with Crippen LogP contribution < -0.4 is 0 Å². The quantitative estimate of drug-likeness (QED) is 0.503. The first kappa shape index (κ1) is 14.0. The lowest BCUT2D eigenvalue weighted by atomic mass is 9.94. The third-order valence-electron chi connectivity index (χ3n) is 2.88. The Kier molecular flexibility index (Phi) is 2.97. The summed E-state index contributed by atoms with van der Waals surface area (Å²) >= 11 is 0. The van der Waals surface area contributed by atoms with Gasteiger partial charge >= 0.3 is 27.0 Å². The van der Waals surface area contributed by atoms with Crippen molar-refractivity contribution in [1.29, 1.82) is 0 Å². The summed E-state index contributed by atoms with van der Waals surface area (Å²) in [6.07, 6.45) is -3.54. The number of carbonyl (C=O) groups is 1. The van der Waals surface area contributed by atoms with E-state index in [1.807, 2.05) is 0 Å². The summed E-state index contributed by atoms with van der Waals surface area (Å²) in [6.45, 7) is -1.56. The summed E-state index contributed by atoms with van der Waals surface area (Å²) < 4.78 is 71.7. The van der Waals surface area contributed by atoms with Crippen molar-refractivity contribution in [2.45, 2.75) is 17.8 Å². The highest BCUT2D eigenvalue weighted by molar-refractivity contribution is 7.82. The fourth-order valence-electron chi connectivity index (χ4n) is 2.01. The van der Waals surface area contributed by atoms with Crippen molar-refractivity contribution in [3.63, 3.8) is 0 Å². The molecule has 2 unspecified atom stereocenters. The first-order chi connectivity index (χ1) is 9.22. The van der Waals surface area contributed by atoms with Gasteiger partial charge in [0.1, 0.15) is 25.9 Å². The molecule has 3 aliphatic heterocycles. The van der Waals surface area contributed by atoms with Crippen LogP contribution in [0, 0.1) is 0 Å². The van der Waals surface area contributed by atoms with Crippen LogP contribution in [0.4, 0.5) is 4.79 Å². The number of cyclic esters (lactones) is 1.